The van der Waals surface area contributed by atoms with Crippen LogP contribution in [0.4, 0.5) is 0 Å². The van der Waals surface area contributed by atoms with E-state index in [1.807, 2.05) is 0 Å². The lowest BCUT2D eigenvalue weighted by Crippen LogP contribution is -2.00. The molecule has 0 radical (unpaired) electrons. The van der Waals surface area contributed by atoms with Gasteiger partial charge in [0.25, 0.3) is 0 Å². The van der Waals surface area contributed by atoms with E-state index >= 15 is 0 Å². The van der Waals surface area contributed by atoms with Crippen molar-refractivity contribution in [3.05, 3.63) is 39.4 Å². The first-order valence-electron chi connectivity index (χ1n) is 4.14. The summed E-state index contributed by atoms with van der Waals surface area (Å²) >= 11 is 16.8. The van der Waals surface area contributed by atoms with Crippen molar-refractivity contribution < 1.29 is 9.84 Å². The quantitative estimate of drug-likeness (QED) is 0.904. The van der Waals surface area contributed by atoms with Gasteiger partial charge in [-0.05, 0) is 18.2 Å². The first-order chi connectivity index (χ1) is 7.17. The topological polar surface area (TPSA) is 29.5 Å². The molecular formula is C10H9Cl3O2. The number of aliphatic hydroxyl groups excluding tert-OH is 1. The molecule has 0 bridgehead atoms. The molecule has 2 nitrogen and oxygen atoms in total. The molecule has 15 heavy (non-hydrogen) atoms. The van der Waals surface area contributed by atoms with E-state index in [0.717, 1.165) is 0 Å². The van der Waals surface area contributed by atoms with Gasteiger partial charge in [-0.15, -0.1) is 0 Å². The number of hydrogen-bond acceptors (Lipinski definition) is 2. The number of aliphatic hydroxyl groups is 1. The van der Waals surface area contributed by atoms with E-state index < -0.39 is 0 Å². The maximum atomic E-state index is 9.05. The highest BCUT2D eigenvalue weighted by Gasteiger charge is 2.04. The second-order valence-corrected chi connectivity index (χ2v) is 3.89. The molecule has 0 atom stereocenters. The molecule has 0 heterocycles. The SMILES string of the molecule is OCc1cc(Cl)ccc1OCC(Cl)=CCl. The molecule has 0 aliphatic carbocycles. The molecule has 0 aromatic heterocycles. The van der Waals surface area contributed by atoms with Crippen LogP contribution < -0.4 is 4.74 Å². The Morgan fingerprint density at radius 1 is 1.47 bits per heavy atom. The first kappa shape index (κ1) is 12.7. The lowest BCUT2D eigenvalue weighted by atomic mass is 10.2. The molecule has 0 aliphatic heterocycles. The van der Waals surface area contributed by atoms with E-state index in [1.54, 1.807) is 18.2 Å². The van der Waals surface area contributed by atoms with Gasteiger partial charge in [0.2, 0.25) is 0 Å². The zero-order valence-electron chi connectivity index (χ0n) is 7.71. The minimum Gasteiger partial charge on any atom is -0.488 e. The molecular weight excluding hydrogens is 258 g/mol. The van der Waals surface area contributed by atoms with E-state index in [-0.39, 0.29) is 13.2 Å². The lowest BCUT2D eigenvalue weighted by Gasteiger charge is -2.09. The third-order valence-electron chi connectivity index (χ3n) is 1.68. The van der Waals surface area contributed by atoms with Crippen molar-refractivity contribution in [2.75, 3.05) is 6.61 Å². The summed E-state index contributed by atoms with van der Waals surface area (Å²) in [6.07, 6.45) is 0. The zero-order valence-corrected chi connectivity index (χ0v) is 9.98. The second kappa shape index (κ2) is 6.23. The van der Waals surface area contributed by atoms with Crippen LogP contribution in [0.3, 0.4) is 0 Å². The Morgan fingerprint density at radius 3 is 2.80 bits per heavy atom. The summed E-state index contributed by atoms with van der Waals surface area (Å²) in [6.45, 7) is 0.0256. The summed E-state index contributed by atoms with van der Waals surface area (Å²) in [5, 5.41) is 9.98. The molecule has 0 saturated heterocycles. The number of halogens is 3. The highest BCUT2D eigenvalue weighted by atomic mass is 35.5. The number of benzene rings is 1. The largest absolute Gasteiger partial charge is 0.488 e. The molecule has 0 fully saturated rings. The molecule has 5 heteroatoms. The summed E-state index contributed by atoms with van der Waals surface area (Å²) in [6, 6.07) is 4.98. The van der Waals surface area contributed by atoms with Gasteiger partial charge in [0.15, 0.2) is 0 Å². The highest BCUT2D eigenvalue weighted by Crippen LogP contribution is 2.23. The maximum Gasteiger partial charge on any atom is 0.125 e. The highest BCUT2D eigenvalue weighted by molar-refractivity contribution is 6.36. The van der Waals surface area contributed by atoms with Crippen LogP contribution in [-0.4, -0.2) is 11.7 Å². The van der Waals surface area contributed by atoms with Gasteiger partial charge in [0.05, 0.1) is 11.6 Å². The summed E-state index contributed by atoms with van der Waals surface area (Å²) in [4.78, 5) is 0. The Morgan fingerprint density at radius 2 is 2.20 bits per heavy atom. The van der Waals surface area contributed by atoms with Gasteiger partial charge in [0, 0.05) is 16.1 Å². The van der Waals surface area contributed by atoms with Crippen molar-refractivity contribution in [1.82, 2.24) is 0 Å². The normalized spacial score (nSPS) is 11.6. The molecule has 0 aliphatic rings. The van der Waals surface area contributed by atoms with Crippen molar-refractivity contribution in [2.24, 2.45) is 0 Å². The Balaban J connectivity index is 2.76. The van der Waals surface area contributed by atoms with Crippen molar-refractivity contribution in [2.45, 2.75) is 6.61 Å². The summed E-state index contributed by atoms with van der Waals surface area (Å²) in [7, 11) is 0. The summed E-state index contributed by atoms with van der Waals surface area (Å²) in [5.41, 5.74) is 1.84. The average molecular weight is 268 g/mol. The predicted molar refractivity (Wildman–Crippen MR) is 62.7 cm³/mol. The van der Waals surface area contributed by atoms with Crippen LogP contribution >= 0.6 is 34.8 Å². The predicted octanol–water partition coefficient (Wildman–Crippen LogP) is 3.53. The minimum absolute atomic E-state index is 0.141. The zero-order chi connectivity index (χ0) is 11.3. The fourth-order valence-electron chi connectivity index (χ4n) is 0.991. The molecule has 0 spiro atoms. The Bertz CT molecular complexity index is 364. The van der Waals surface area contributed by atoms with Gasteiger partial charge in [-0.1, -0.05) is 34.8 Å². The van der Waals surface area contributed by atoms with Crippen LogP contribution in [0.15, 0.2) is 28.8 Å². The van der Waals surface area contributed by atoms with E-state index in [0.29, 0.717) is 21.4 Å². The van der Waals surface area contributed by atoms with Crippen molar-refractivity contribution >= 4 is 34.8 Å². The average Bonchev–Trinajstić information content (AvgIpc) is 2.26. The minimum atomic E-state index is -0.141. The molecule has 0 unspecified atom stereocenters. The van der Waals surface area contributed by atoms with Crippen LogP contribution in [0.25, 0.3) is 0 Å². The summed E-state index contributed by atoms with van der Waals surface area (Å²) in [5.74, 6) is 0.540. The Kier molecular flexibility index (Phi) is 5.26. The number of ether oxygens (including phenoxy) is 1. The molecule has 1 rings (SSSR count). The molecule has 0 amide bonds. The maximum absolute atomic E-state index is 9.05. The van der Waals surface area contributed by atoms with Crippen molar-refractivity contribution in [3.63, 3.8) is 0 Å². The van der Waals surface area contributed by atoms with Gasteiger partial charge in [0.1, 0.15) is 12.4 Å². The number of rotatable bonds is 4. The van der Waals surface area contributed by atoms with E-state index in [9.17, 15) is 0 Å². The van der Waals surface area contributed by atoms with Gasteiger partial charge in [-0.2, -0.15) is 0 Å². The van der Waals surface area contributed by atoms with Crippen LogP contribution in [0, 0.1) is 0 Å². The van der Waals surface area contributed by atoms with Crippen molar-refractivity contribution in [1.29, 1.82) is 0 Å². The van der Waals surface area contributed by atoms with Crippen molar-refractivity contribution in [3.8, 4) is 5.75 Å². The van der Waals surface area contributed by atoms with Crippen LogP contribution in [0.2, 0.25) is 5.02 Å². The van der Waals surface area contributed by atoms with E-state index in [1.165, 1.54) is 5.54 Å². The molecule has 1 N–H and O–H groups in total. The smallest absolute Gasteiger partial charge is 0.125 e. The standard InChI is InChI=1S/C10H9Cl3O2/c11-4-9(13)6-15-10-2-1-8(12)3-7(10)5-14/h1-4,14H,5-6H2. The van der Waals surface area contributed by atoms with Gasteiger partial charge >= 0.3 is 0 Å². The van der Waals surface area contributed by atoms with Crippen LogP contribution in [-0.2, 0) is 6.61 Å². The second-order valence-electron chi connectivity index (χ2n) is 2.75. The first-order valence-corrected chi connectivity index (χ1v) is 5.33. The van der Waals surface area contributed by atoms with Gasteiger partial charge in [-0.25, -0.2) is 0 Å². The molecule has 1 aromatic carbocycles. The summed E-state index contributed by atoms with van der Waals surface area (Å²) < 4.78 is 5.33. The lowest BCUT2D eigenvalue weighted by molar-refractivity contribution is 0.269. The third-order valence-corrected chi connectivity index (χ3v) is 2.51. The molecule has 1 aromatic rings. The Hall–Kier alpha value is -0.410. The Labute approximate surface area is 103 Å². The fourth-order valence-corrected chi connectivity index (χ4v) is 1.30. The van der Waals surface area contributed by atoms with Crippen LogP contribution in [0.1, 0.15) is 5.56 Å². The fraction of sp³-hybridized carbons (Fsp3) is 0.200. The molecule has 0 saturated carbocycles. The van der Waals surface area contributed by atoms with Crippen LogP contribution in [0.5, 0.6) is 5.75 Å². The molecule has 82 valence electrons. The third kappa shape index (κ3) is 3.92. The van der Waals surface area contributed by atoms with Gasteiger partial charge < -0.3 is 9.84 Å². The number of hydrogen-bond donors (Lipinski definition) is 1. The van der Waals surface area contributed by atoms with E-state index in [4.69, 9.17) is 44.6 Å². The van der Waals surface area contributed by atoms with E-state index in [2.05, 4.69) is 0 Å². The monoisotopic (exact) mass is 266 g/mol. The van der Waals surface area contributed by atoms with Gasteiger partial charge in [-0.3, -0.25) is 0 Å².